The van der Waals surface area contributed by atoms with Crippen LogP contribution in [0.3, 0.4) is 0 Å². The fourth-order valence-corrected chi connectivity index (χ4v) is 4.73. The number of carbonyl (C=O) groups is 1. The van der Waals surface area contributed by atoms with Crippen LogP contribution in [0.15, 0.2) is 59.8 Å². The molecule has 9 nitrogen and oxygen atoms in total. The summed E-state index contributed by atoms with van der Waals surface area (Å²) in [7, 11) is 2.92. The molecule has 3 aromatic rings. The summed E-state index contributed by atoms with van der Waals surface area (Å²) in [6.07, 6.45) is -4.45. The summed E-state index contributed by atoms with van der Waals surface area (Å²) in [6.45, 7) is 5.08. The number of anilines is 2. The van der Waals surface area contributed by atoms with E-state index in [4.69, 9.17) is 25.9 Å². The first-order chi connectivity index (χ1) is 20.7. The van der Waals surface area contributed by atoms with Crippen molar-refractivity contribution in [2.75, 3.05) is 31.0 Å². The van der Waals surface area contributed by atoms with E-state index >= 15 is 0 Å². The molecule has 1 heterocycles. The molecule has 1 unspecified atom stereocenters. The maximum absolute atomic E-state index is 14.3. The van der Waals surface area contributed by atoms with Gasteiger partial charge in [0.2, 0.25) is 5.60 Å². The molecule has 0 bridgehead atoms. The molecule has 13 heteroatoms. The van der Waals surface area contributed by atoms with Crippen molar-refractivity contribution >= 4 is 34.6 Å². The van der Waals surface area contributed by atoms with Gasteiger partial charge in [-0.05, 0) is 63.1 Å². The lowest BCUT2D eigenvalue weighted by Crippen LogP contribution is -2.37. The molecule has 0 spiro atoms. The highest BCUT2D eigenvalue weighted by Gasteiger charge is 2.35. The van der Waals surface area contributed by atoms with E-state index < -0.39 is 29.7 Å². The smallest absolute Gasteiger partial charge is 0.497 e. The highest BCUT2D eigenvalue weighted by Crippen LogP contribution is 2.38. The number of carbonyl (C=O) groups excluding carboxylic acids is 1. The first-order valence-electron chi connectivity index (χ1n) is 13.4. The van der Waals surface area contributed by atoms with E-state index in [-0.39, 0.29) is 6.54 Å². The second kappa shape index (κ2) is 12.9. The number of ether oxygens (including phenoxy) is 3. The molecule has 0 saturated heterocycles. The average molecular weight is 631 g/mol. The van der Waals surface area contributed by atoms with Crippen LogP contribution >= 0.6 is 11.6 Å². The topological polar surface area (TPSA) is 105 Å². The number of halogens is 4. The number of fused-ring (bicyclic) bond motifs is 1. The van der Waals surface area contributed by atoms with E-state index in [9.17, 15) is 23.2 Å². The number of hydrogen-bond acceptors (Lipinski definition) is 8. The van der Waals surface area contributed by atoms with E-state index in [1.54, 1.807) is 57.2 Å². The summed E-state index contributed by atoms with van der Waals surface area (Å²) in [4.78, 5) is 21.1. The largest absolute Gasteiger partial charge is 0.573 e. The summed E-state index contributed by atoms with van der Waals surface area (Å²) in [5.74, 6) is -0.125. The Morgan fingerprint density at radius 3 is 2.48 bits per heavy atom. The van der Waals surface area contributed by atoms with Crippen LogP contribution in [0.5, 0.6) is 17.2 Å². The number of rotatable bonds is 10. The van der Waals surface area contributed by atoms with Gasteiger partial charge in [0, 0.05) is 40.5 Å². The van der Waals surface area contributed by atoms with Crippen LogP contribution in [0, 0.1) is 11.3 Å². The summed E-state index contributed by atoms with van der Waals surface area (Å²) in [5.41, 5.74) is 1.77. The van der Waals surface area contributed by atoms with Crippen molar-refractivity contribution in [1.82, 2.24) is 0 Å². The average Bonchev–Trinajstić information content (AvgIpc) is 3.40. The zero-order chi connectivity index (χ0) is 32.2. The van der Waals surface area contributed by atoms with Crippen molar-refractivity contribution < 1.29 is 37.0 Å². The maximum atomic E-state index is 14.3. The number of oxime groups is 1. The maximum Gasteiger partial charge on any atom is 0.573 e. The monoisotopic (exact) mass is 630 g/mol. The fourth-order valence-electron chi connectivity index (χ4n) is 4.57. The molecular formula is C31H30ClF3N4O5. The van der Waals surface area contributed by atoms with E-state index in [1.165, 1.54) is 37.3 Å². The van der Waals surface area contributed by atoms with Gasteiger partial charge in [0.05, 0.1) is 25.6 Å². The van der Waals surface area contributed by atoms with Crippen molar-refractivity contribution in [3.05, 3.63) is 76.3 Å². The van der Waals surface area contributed by atoms with Crippen LogP contribution in [0.25, 0.3) is 0 Å². The van der Waals surface area contributed by atoms with Gasteiger partial charge in [-0.3, -0.25) is 4.79 Å². The third kappa shape index (κ3) is 7.65. The Morgan fingerprint density at radius 2 is 1.82 bits per heavy atom. The second-order valence-corrected chi connectivity index (χ2v) is 10.8. The van der Waals surface area contributed by atoms with Gasteiger partial charge in [-0.2, -0.15) is 5.26 Å². The van der Waals surface area contributed by atoms with E-state index in [0.29, 0.717) is 56.7 Å². The summed E-state index contributed by atoms with van der Waals surface area (Å²) < 4.78 is 54.0. The Labute approximate surface area is 257 Å². The number of amides is 1. The lowest BCUT2D eigenvalue weighted by atomic mass is 10.0. The highest BCUT2D eigenvalue weighted by atomic mass is 35.5. The minimum absolute atomic E-state index is 0.235. The molecule has 4 rings (SSSR count). The number of benzene rings is 3. The molecule has 1 atom stereocenters. The lowest BCUT2D eigenvalue weighted by Gasteiger charge is -2.27. The summed E-state index contributed by atoms with van der Waals surface area (Å²) >= 11 is 6.21. The number of nitrogens with zero attached hydrogens (tertiary/aromatic N) is 3. The van der Waals surface area contributed by atoms with Gasteiger partial charge >= 0.3 is 6.36 Å². The molecular weight excluding hydrogens is 601 g/mol. The van der Waals surface area contributed by atoms with Gasteiger partial charge < -0.3 is 29.3 Å². The van der Waals surface area contributed by atoms with Crippen molar-refractivity contribution in [2.45, 2.75) is 45.2 Å². The fraction of sp³-hybridized carbons (Fsp3) is 0.323. The molecule has 1 aliphatic rings. The number of nitrogens with one attached hydrogen (secondary N) is 1. The zero-order valence-electron chi connectivity index (χ0n) is 24.6. The Morgan fingerprint density at radius 1 is 1.07 bits per heavy atom. The lowest BCUT2D eigenvalue weighted by molar-refractivity contribution is -0.274. The Bertz CT molecular complexity index is 1620. The summed E-state index contributed by atoms with van der Waals surface area (Å²) in [5, 5.41) is 17.0. The van der Waals surface area contributed by atoms with Crippen LogP contribution in [0.2, 0.25) is 5.02 Å². The molecule has 0 radical (unpaired) electrons. The number of nitriles is 1. The van der Waals surface area contributed by atoms with Crippen molar-refractivity contribution in [3.8, 4) is 23.3 Å². The minimum Gasteiger partial charge on any atom is -0.497 e. The third-order valence-electron chi connectivity index (χ3n) is 6.76. The predicted molar refractivity (Wildman–Crippen MR) is 160 cm³/mol. The van der Waals surface area contributed by atoms with Gasteiger partial charge in [0.15, 0.2) is 0 Å². The summed E-state index contributed by atoms with van der Waals surface area (Å²) in [6, 6.07) is 14.8. The highest BCUT2D eigenvalue weighted by molar-refractivity contribution is 6.30. The Hall–Kier alpha value is -4.63. The molecule has 3 aromatic carbocycles. The van der Waals surface area contributed by atoms with Crippen molar-refractivity contribution in [2.24, 2.45) is 5.16 Å². The number of methoxy groups -OCH3 is 2. The SMILES string of the molecule is COc1cc(NC(C(=O)N2CCc3ccc(OC(F)(F)F)cc32)c2ccc(Cl)cc2OC)cc(C(C)=NOC(C)(C)C#N)c1. The minimum atomic E-state index is -4.89. The normalized spacial score (nSPS) is 13.9. The first kappa shape index (κ1) is 32.3. The molecule has 1 N–H and O–H groups in total. The van der Waals surface area contributed by atoms with Gasteiger partial charge in [0.1, 0.15) is 29.4 Å². The molecule has 0 fully saturated rings. The van der Waals surface area contributed by atoms with Gasteiger partial charge in [-0.25, -0.2) is 0 Å². The molecule has 232 valence electrons. The van der Waals surface area contributed by atoms with Crippen molar-refractivity contribution in [3.63, 3.8) is 0 Å². The van der Waals surface area contributed by atoms with E-state index in [1.807, 2.05) is 6.07 Å². The van der Waals surface area contributed by atoms with Crippen molar-refractivity contribution in [1.29, 1.82) is 5.26 Å². The van der Waals surface area contributed by atoms with E-state index in [2.05, 4.69) is 15.2 Å². The zero-order valence-corrected chi connectivity index (χ0v) is 25.3. The van der Waals surface area contributed by atoms with Gasteiger partial charge in [-0.15, -0.1) is 13.2 Å². The Kier molecular flexibility index (Phi) is 9.49. The number of alkyl halides is 3. The molecule has 0 saturated carbocycles. The molecule has 44 heavy (non-hydrogen) atoms. The number of hydrogen-bond donors (Lipinski definition) is 1. The Balaban J connectivity index is 1.76. The predicted octanol–water partition coefficient (Wildman–Crippen LogP) is 7.04. The van der Waals surface area contributed by atoms with Crippen LogP contribution < -0.4 is 24.4 Å². The quantitative estimate of drug-likeness (QED) is 0.189. The second-order valence-electron chi connectivity index (χ2n) is 10.4. The van der Waals surface area contributed by atoms with Crippen LogP contribution in [0.1, 0.15) is 43.5 Å². The van der Waals surface area contributed by atoms with Crippen LogP contribution in [-0.2, 0) is 16.1 Å². The molecule has 0 aromatic heterocycles. The van der Waals surface area contributed by atoms with Crippen LogP contribution in [-0.4, -0.2) is 44.3 Å². The first-order valence-corrected chi connectivity index (χ1v) is 13.7. The third-order valence-corrected chi connectivity index (χ3v) is 6.99. The molecule has 1 amide bonds. The van der Waals surface area contributed by atoms with E-state index in [0.717, 1.165) is 0 Å². The molecule has 0 aliphatic carbocycles. The standard InChI is InChI=1S/C31H30ClF3N4O5/c1-18(38-44-30(2,3)17-36)20-12-22(15-24(13-20)41-4)37-28(25-9-7-21(32)14-27(25)42-5)29(40)39-11-10-19-6-8-23(16-26(19)39)43-31(33,34)35/h6-9,12-16,28,37H,10-11H2,1-5H3. The van der Waals surface area contributed by atoms with Crippen LogP contribution in [0.4, 0.5) is 24.5 Å². The van der Waals surface area contributed by atoms with Gasteiger partial charge in [0.25, 0.3) is 5.91 Å². The van der Waals surface area contributed by atoms with Gasteiger partial charge in [-0.1, -0.05) is 28.9 Å². The molecule has 1 aliphatic heterocycles.